The number of cyclic esters (lactones) is 1. The zero-order valence-electron chi connectivity index (χ0n) is 10.1. The summed E-state index contributed by atoms with van der Waals surface area (Å²) in [5.41, 5.74) is 1.56. The lowest BCUT2D eigenvalue weighted by molar-refractivity contribution is -0.142. The van der Waals surface area contributed by atoms with Gasteiger partial charge in [-0.25, -0.2) is 0 Å². The van der Waals surface area contributed by atoms with Gasteiger partial charge in [-0.2, -0.15) is 0 Å². The Hall–Kier alpha value is -2.04. The van der Waals surface area contributed by atoms with E-state index in [0.29, 0.717) is 12.1 Å². The Morgan fingerprint density at radius 3 is 2.89 bits per heavy atom. The van der Waals surface area contributed by atoms with E-state index in [9.17, 15) is 9.59 Å². The Bertz CT molecular complexity index is 515. The largest absolute Gasteiger partial charge is 0.464 e. The van der Waals surface area contributed by atoms with E-state index in [-0.39, 0.29) is 31.1 Å². The van der Waals surface area contributed by atoms with Crippen LogP contribution in [0.4, 0.5) is 5.69 Å². The second kappa shape index (κ2) is 4.01. The van der Waals surface area contributed by atoms with Crippen LogP contribution in [0.15, 0.2) is 24.3 Å². The maximum absolute atomic E-state index is 12.4. The molecule has 18 heavy (non-hydrogen) atoms. The minimum absolute atomic E-state index is 0.0213. The lowest BCUT2D eigenvalue weighted by Crippen LogP contribution is -2.54. The summed E-state index contributed by atoms with van der Waals surface area (Å²) in [6.07, 6.45) is -0.0151. The van der Waals surface area contributed by atoms with E-state index >= 15 is 0 Å². The van der Waals surface area contributed by atoms with Crippen molar-refractivity contribution in [2.45, 2.75) is 12.6 Å². The van der Waals surface area contributed by atoms with Gasteiger partial charge < -0.3 is 14.5 Å². The number of carbonyl (C=O) groups is 2. The minimum Gasteiger partial charge on any atom is -0.464 e. The van der Waals surface area contributed by atoms with Crippen LogP contribution in [-0.2, 0) is 9.53 Å². The molecule has 2 aliphatic heterocycles. The number of anilines is 1. The molecule has 1 atom stereocenters. The van der Waals surface area contributed by atoms with E-state index in [2.05, 4.69) is 0 Å². The van der Waals surface area contributed by atoms with Crippen LogP contribution in [0.5, 0.6) is 0 Å². The Morgan fingerprint density at radius 1 is 1.28 bits per heavy atom. The first-order chi connectivity index (χ1) is 8.68. The highest BCUT2D eigenvalue weighted by atomic mass is 16.5. The second-order valence-corrected chi connectivity index (χ2v) is 4.53. The molecule has 1 aromatic carbocycles. The molecule has 0 bridgehead atoms. The predicted molar refractivity (Wildman–Crippen MR) is 65.2 cm³/mol. The third-order valence-electron chi connectivity index (χ3n) is 3.53. The number of amides is 1. The second-order valence-electron chi connectivity index (χ2n) is 4.53. The molecule has 2 heterocycles. The fraction of sp³-hybridized carbons (Fsp3) is 0.385. The van der Waals surface area contributed by atoms with Crippen molar-refractivity contribution in [3.8, 4) is 0 Å². The van der Waals surface area contributed by atoms with Crippen molar-refractivity contribution in [1.82, 2.24) is 4.90 Å². The summed E-state index contributed by atoms with van der Waals surface area (Å²) in [5.74, 6) is -0.270. The molecule has 0 N–H and O–H groups in total. The van der Waals surface area contributed by atoms with Crippen LogP contribution in [0.25, 0.3) is 0 Å². The number of nitrogens with zero attached hydrogens (tertiary/aromatic N) is 2. The topological polar surface area (TPSA) is 49.9 Å². The lowest BCUT2D eigenvalue weighted by Gasteiger charge is -2.42. The molecule has 1 aromatic rings. The number of para-hydroxylation sites is 1. The maximum atomic E-state index is 12.4. The highest BCUT2D eigenvalue weighted by Crippen LogP contribution is 2.31. The van der Waals surface area contributed by atoms with Crippen LogP contribution >= 0.6 is 0 Å². The molecular weight excluding hydrogens is 232 g/mol. The number of rotatable bonds is 0. The monoisotopic (exact) mass is 246 g/mol. The first-order valence-corrected chi connectivity index (χ1v) is 5.97. The highest BCUT2D eigenvalue weighted by Gasteiger charge is 2.38. The van der Waals surface area contributed by atoms with Crippen molar-refractivity contribution in [2.75, 3.05) is 25.1 Å². The molecule has 94 valence electrons. The summed E-state index contributed by atoms with van der Waals surface area (Å²) >= 11 is 0. The summed E-state index contributed by atoms with van der Waals surface area (Å²) in [6.45, 7) is 0.727. The van der Waals surface area contributed by atoms with Crippen LogP contribution in [0.1, 0.15) is 16.8 Å². The van der Waals surface area contributed by atoms with Gasteiger partial charge in [0, 0.05) is 7.05 Å². The first kappa shape index (κ1) is 11.1. The van der Waals surface area contributed by atoms with Crippen molar-refractivity contribution in [3.63, 3.8) is 0 Å². The van der Waals surface area contributed by atoms with Gasteiger partial charge in [0.2, 0.25) is 0 Å². The van der Waals surface area contributed by atoms with Crippen LogP contribution in [0.2, 0.25) is 0 Å². The van der Waals surface area contributed by atoms with Gasteiger partial charge in [-0.15, -0.1) is 0 Å². The molecule has 5 heteroatoms. The standard InChI is InChI=1S/C13H14N2O3/c1-14-10-5-3-2-4-9(10)13(17)15-6-7-18-12(16)8-11(14)15/h2-5,11H,6-8H2,1H3. The van der Waals surface area contributed by atoms with Gasteiger partial charge in [0.15, 0.2) is 0 Å². The third-order valence-corrected chi connectivity index (χ3v) is 3.53. The lowest BCUT2D eigenvalue weighted by atomic mass is 10.0. The summed E-state index contributed by atoms with van der Waals surface area (Å²) in [5, 5.41) is 0. The Morgan fingerprint density at radius 2 is 2.06 bits per heavy atom. The molecule has 2 aliphatic rings. The Balaban J connectivity index is 2.06. The van der Waals surface area contributed by atoms with Gasteiger partial charge in [-0.3, -0.25) is 9.59 Å². The molecule has 0 saturated carbocycles. The maximum Gasteiger partial charge on any atom is 0.309 e. The number of carbonyl (C=O) groups excluding carboxylic acids is 2. The summed E-state index contributed by atoms with van der Waals surface area (Å²) in [7, 11) is 1.90. The van der Waals surface area contributed by atoms with Crippen molar-refractivity contribution in [2.24, 2.45) is 0 Å². The van der Waals surface area contributed by atoms with Gasteiger partial charge in [0.25, 0.3) is 5.91 Å². The number of ether oxygens (including phenoxy) is 1. The van der Waals surface area contributed by atoms with Crippen molar-refractivity contribution in [3.05, 3.63) is 29.8 Å². The smallest absolute Gasteiger partial charge is 0.309 e. The van der Waals surface area contributed by atoms with Crippen LogP contribution in [0, 0.1) is 0 Å². The minimum atomic E-state index is -0.249. The van der Waals surface area contributed by atoms with E-state index in [1.807, 2.05) is 36.2 Å². The molecule has 0 aliphatic carbocycles. The SMILES string of the molecule is CN1c2ccccc2C(=O)N2CCOC(=O)CC21. The van der Waals surface area contributed by atoms with Gasteiger partial charge in [-0.05, 0) is 12.1 Å². The zero-order valence-corrected chi connectivity index (χ0v) is 10.1. The molecule has 0 spiro atoms. The average molecular weight is 246 g/mol. The fourth-order valence-electron chi connectivity index (χ4n) is 2.59. The molecule has 5 nitrogen and oxygen atoms in total. The summed E-state index contributed by atoms with van der Waals surface area (Å²) in [4.78, 5) is 27.6. The Kier molecular flexibility index (Phi) is 2.47. The molecule has 1 unspecified atom stereocenters. The van der Waals surface area contributed by atoms with E-state index in [0.717, 1.165) is 5.69 Å². The summed E-state index contributed by atoms with van der Waals surface area (Å²) in [6, 6.07) is 7.47. The molecule has 0 aromatic heterocycles. The van der Waals surface area contributed by atoms with Gasteiger partial charge in [-0.1, -0.05) is 12.1 Å². The number of fused-ring (bicyclic) bond motifs is 2. The fourth-order valence-corrected chi connectivity index (χ4v) is 2.59. The molecule has 3 rings (SSSR count). The number of hydrogen-bond donors (Lipinski definition) is 0. The molecule has 1 fully saturated rings. The first-order valence-electron chi connectivity index (χ1n) is 5.97. The van der Waals surface area contributed by atoms with Crippen molar-refractivity contribution in [1.29, 1.82) is 0 Å². The van der Waals surface area contributed by atoms with Gasteiger partial charge in [0.1, 0.15) is 12.8 Å². The normalized spacial score (nSPS) is 23.1. The summed E-state index contributed by atoms with van der Waals surface area (Å²) < 4.78 is 5.03. The van der Waals surface area contributed by atoms with Gasteiger partial charge >= 0.3 is 5.97 Å². The van der Waals surface area contributed by atoms with Crippen LogP contribution < -0.4 is 4.90 Å². The van der Waals surface area contributed by atoms with E-state index < -0.39 is 0 Å². The molecule has 1 amide bonds. The van der Waals surface area contributed by atoms with Crippen molar-refractivity contribution < 1.29 is 14.3 Å². The molecular formula is C13H14N2O3. The number of benzene rings is 1. The van der Waals surface area contributed by atoms with Crippen LogP contribution in [-0.4, -0.2) is 43.1 Å². The quantitative estimate of drug-likeness (QED) is 0.637. The van der Waals surface area contributed by atoms with E-state index in [1.54, 1.807) is 4.90 Å². The molecule has 1 saturated heterocycles. The van der Waals surface area contributed by atoms with E-state index in [4.69, 9.17) is 4.74 Å². The van der Waals surface area contributed by atoms with Crippen LogP contribution in [0.3, 0.4) is 0 Å². The zero-order chi connectivity index (χ0) is 12.7. The number of esters is 1. The Labute approximate surface area is 105 Å². The number of hydrogen-bond acceptors (Lipinski definition) is 4. The predicted octanol–water partition coefficient (Wildman–Crippen LogP) is 0.852. The highest BCUT2D eigenvalue weighted by molar-refractivity contribution is 6.02. The molecule has 0 radical (unpaired) electrons. The van der Waals surface area contributed by atoms with E-state index in [1.165, 1.54) is 0 Å². The average Bonchev–Trinajstić information content (AvgIpc) is 2.58. The van der Waals surface area contributed by atoms with Gasteiger partial charge in [0.05, 0.1) is 24.2 Å². The van der Waals surface area contributed by atoms with Crippen molar-refractivity contribution >= 4 is 17.6 Å². The third kappa shape index (κ3) is 1.54.